The van der Waals surface area contributed by atoms with Crippen LogP contribution in [0.15, 0.2) is 59.5 Å². The number of nitrogens with zero attached hydrogens (tertiary/aromatic N) is 1. The highest BCUT2D eigenvalue weighted by molar-refractivity contribution is 7.92. The minimum atomic E-state index is -3.98. The fourth-order valence-corrected chi connectivity index (χ4v) is 5.52. The van der Waals surface area contributed by atoms with Crippen LogP contribution in [-0.4, -0.2) is 20.9 Å². The van der Waals surface area contributed by atoms with Crippen LogP contribution in [-0.2, 0) is 10.0 Å². The SMILES string of the molecule is CCN(c1ccccc1)S(=O)(=O)c1ccc(Cl)c(C(=O)Nc2c(Cl)c(Cl)cc(Cl)c2Cl)c1. The van der Waals surface area contributed by atoms with Crippen molar-refractivity contribution in [1.29, 1.82) is 0 Å². The first-order chi connectivity index (χ1) is 15.1. The van der Waals surface area contributed by atoms with Crippen molar-refractivity contribution < 1.29 is 13.2 Å². The predicted molar refractivity (Wildman–Crippen MR) is 133 cm³/mol. The molecule has 0 saturated carbocycles. The first-order valence-corrected chi connectivity index (χ1v) is 12.4. The molecular formula is C21H15Cl5N2O3S. The number of hydrogen-bond donors (Lipinski definition) is 1. The molecule has 11 heteroatoms. The molecule has 0 heterocycles. The van der Waals surface area contributed by atoms with Gasteiger partial charge in [0.15, 0.2) is 0 Å². The zero-order valence-corrected chi connectivity index (χ0v) is 21.0. The standard InChI is InChI=1S/C21H15Cl5N2O3S/c1-2-28(12-6-4-3-5-7-12)32(30,31)13-8-9-15(22)14(10-13)21(29)27-20-18(25)16(23)11-17(24)19(20)26/h3-11H,2H2,1H3,(H,27,29). The monoisotopic (exact) mass is 550 g/mol. The van der Waals surface area contributed by atoms with Crippen molar-refractivity contribution in [2.24, 2.45) is 0 Å². The number of hydrogen-bond acceptors (Lipinski definition) is 3. The molecule has 0 aliphatic carbocycles. The maximum absolute atomic E-state index is 13.3. The van der Waals surface area contributed by atoms with E-state index in [0.29, 0.717) is 5.69 Å². The predicted octanol–water partition coefficient (Wildman–Crippen LogP) is 7.42. The molecule has 0 fully saturated rings. The smallest absolute Gasteiger partial charge is 0.264 e. The minimum Gasteiger partial charge on any atom is -0.319 e. The molecule has 0 radical (unpaired) electrons. The zero-order valence-electron chi connectivity index (χ0n) is 16.4. The lowest BCUT2D eigenvalue weighted by Gasteiger charge is -2.23. The van der Waals surface area contributed by atoms with Crippen LogP contribution in [0.2, 0.25) is 25.1 Å². The van der Waals surface area contributed by atoms with Crippen LogP contribution in [0, 0.1) is 0 Å². The summed E-state index contributed by atoms with van der Waals surface area (Å²) in [6, 6.07) is 13.8. The van der Waals surface area contributed by atoms with Gasteiger partial charge in [-0.25, -0.2) is 8.42 Å². The summed E-state index contributed by atoms with van der Waals surface area (Å²) in [6.45, 7) is 1.89. The van der Waals surface area contributed by atoms with Gasteiger partial charge in [-0.05, 0) is 43.3 Å². The summed E-state index contributed by atoms with van der Waals surface area (Å²) < 4.78 is 27.8. The number of nitrogens with one attached hydrogen (secondary N) is 1. The van der Waals surface area contributed by atoms with Gasteiger partial charge in [-0.3, -0.25) is 9.10 Å². The first-order valence-electron chi connectivity index (χ1n) is 9.09. The van der Waals surface area contributed by atoms with Gasteiger partial charge in [-0.15, -0.1) is 0 Å². The highest BCUT2D eigenvalue weighted by atomic mass is 35.5. The fourth-order valence-electron chi connectivity index (χ4n) is 2.92. The van der Waals surface area contributed by atoms with Crippen molar-refractivity contribution in [2.45, 2.75) is 11.8 Å². The molecule has 0 saturated heterocycles. The van der Waals surface area contributed by atoms with Crippen LogP contribution >= 0.6 is 58.0 Å². The molecule has 0 aliphatic heterocycles. The Kier molecular flexibility index (Phi) is 7.86. The third kappa shape index (κ3) is 4.96. The summed E-state index contributed by atoms with van der Waals surface area (Å²) in [4.78, 5) is 12.8. The van der Waals surface area contributed by atoms with Gasteiger partial charge in [0, 0.05) is 6.54 Å². The van der Waals surface area contributed by atoms with Crippen molar-refractivity contribution in [3.05, 3.63) is 85.3 Å². The summed E-state index contributed by atoms with van der Waals surface area (Å²) in [7, 11) is -3.98. The van der Waals surface area contributed by atoms with Crippen LogP contribution in [0.5, 0.6) is 0 Å². The summed E-state index contributed by atoms with van der Waals surface area (Å²) in [5.41, 5.74) is 0.378. The number of carbonyl (C=O) groups excluding carboxylic acids is 1. The number of para-hydroxylation sites is 1. The lowest BCUT2D eigenvalue weighted by atomic mass is 10.2. The zero-order chi connectivity index (χ0) is 23.6. The number of rotatable bonds is 6. The molecule has 0 bridgehead atoms. The third-order valence-electron chi connectivity index (χ3n) is 4.45. The molecule has 3 aromatic rings. The molecule has 0 aliphatic rings. The summed E-state index contributed by atoms with van der Waals surface area (Å²) in [6.07, 6.45) is 0. The quantitative estimate of drug-likeness (QED) is 0.324. The van der Waals surface area contributed by atoms with Crippen LogP contribution < -0.4 is 9.62 Å². The average molecular weight is 553 g/mol. The van der Waals surface area contributed by atoms with Gasteiger partial charge in [-0.1, -0.05) is 76.2 Å². The van der Waals surface area contributed by atoms with Crippen LogP contribution in [0.4, 0.5) is 11.4 Å². The van der Waals surface area contributed by atoms with Gasteiger partial charge < -0.3 is 5.32 Å². The molecule has 168 valence electrons. The normalized spacial score (nSPS) is 11.3. The molecule has 1 amide bonds. The fraction of sp³-hybridized carbons (Fsp3) is 0.0952. The summed E-state index contributed by atoms with van der Waals surface area (Å²) in [5, 5.41) is 2.67. The van der Waals surface area contributed by atoms with Gasteiger partial charge in [0.1, 0.15) is 0 Å². The second kappa shape index (κ2) is 10.1. The Balaban J connectivity index is 2.02. The van der Waals surface area contributed by atoms with Gasteiger partial charge in [-0.2, -0.15) is 0 Å². The van der Waals surface area contributed by atoms with E-state index in [1.165, 1.54) is 28.6 Å². The van der Waals surface area contributed by atoms with E-state index in [-0.39, 0.29) is 47.8 Å². The topological polar surface area (TPSA) is 66.5 Å². The van der Waals surface area contributed by atoms with Crippen molar-refractivity contribution >= 4 is 85.3 Å². The maximum atomic E-state index is 13.3. The molecule has 0 atom stereocenters. The summed E-state index contributed by atoms with van der Waals surface area (Å²) in [5.74, 6) is -0.739. The van der Waals surface area contributed by atoms with Gasteiger partial charge >= 0.3 is 0 Å². The molecule has 3 aromatic carbocycles. The highest BCUT2D eigenvalue weighted by Gasteiger charge is 2.26. The second-order valence-corrected chi connectivity index (χ2v) is 10.3. The summed E-state index contributed by atoms with van der Waals surface area (Å²) >= 11 is 30.5. The minimum absolute atomic E-state index is 0.0142. The first kappa shape index (κ1) is 25.0. The van der Waals surface area contributed by atoms with Crippen molar-refractivity contribution in [1.82, 2.24) is 0 Å². The molecular weight excluding hydrogens is 538 g/mol. The Morgan fingerprint density at radius 1 is 0.875 bits per heavy atom. The van der Waals surface area contributed by atoms with Gasteiger partial charge in [0.2, 0.25) is 0 Å². The van der Waals surface area contributed by atoms with Crippen molar-refractivity contribution in [2.75, 3.05) is 16.2 Å². The number of sulfonamides is 1. The van der Waals surface area contributed by atoms with Gasteiger partial charge in [0.25, 0.3) is 15.9 Å². The average Bonchev–Trinajstić information content (AvgIpc) is 2.76. The number of halogens is 5. The van der Waals surface area contributed by atoms with E-state index in [1.807, 2.05) is 0 Å². The Hall–Kier alpha value is -1.67. The third-order valence-corrected chi connectivity index (χ3v) is 8.26. The molecule has 0 aromatic heterocycles. The lowest BCUT2D eigenvalue weighted by Crippen LogP contribution is -2.31. The molecule has 0 unspecified atom stereocenters. The number of anilines is 2. The highest BCUT2D eigenvalue weighted by Crippen LogP contribution is 2.41. The number of amides is 1. The molecule has 3 rings (SSSR count). The van der Waals surface area contributed by atoms with E-state index >= 15 is 0 Å². The van der Waals surface area contributed by atoms with Crippen LogP contribution in [0.1, 0.15) is 17.3 Å². The molecule has 5 nitrogen and oxygen atoms in total. The Morgan fingerprint density at radius 3 is 2.03 bits per heavy atom. The molecule has 0 spiro atoms. The van der Waals surface area contributed by atoms with E-state index in [1.54, 1.807) is 37.3 Å². The number of carbonyl (C=O) groups is 1. The van der Waals surface area contributed by atoms with Crippen molar-refractivity contribution in [3.63, 3.8) is 0 Å². The van der Waals surface area contributed by atoms with Crippen LogP contribution in [0.25, 0.3) is 0 Å². The molecule has 1 N–H and O–H groups in total. The molecule has 32 heavy (non-hydrogen) atoms. The largest absolute Gasteiger partial charge is 0.319 e. The number of benzene rings is 3. The van der Waals surface area contributed by atoms with Gasteiger partial charge in [0.05, 0.1) is 46.9 Å². The van der Waals surface area contributed by atoms with E-state index in [4.69, 9.17) is 58.0 Å². The second-order valence-electron chi connectivity index (χ2n) is 6.44. The van der Waals surface area contributed by atoms with E-state index in [9.17, 15) is 13.2 Å². The van der Waals surface area contributed by atoms with E-state index in [0.717, 1.165) is 0 Å². The van der Waals surface area contributed by atoms with E-state index in [2.05, 4.69) is 5.32 Å². The maximum Gasteiger partial charge on any atom is 0.264 e. The van der Waals surface area contributed by atoms with Crippen LogP contribution in [0.3, 0.4) is 0 Å². The van der Waals surface area contributed by atoms with E-state index < -0.39 is 15.9 Å². The lowest BCUT2D eigenvalue weighted by molar-refractivity contribution is 0.102. The Labute approximate surface area is 210 Å². The Morgan fingerprint density at radius 2 is 1.47 bits per heavy atom. The van der Waals surface area contributed by atoms with Crippen molar-refractivity contribution in [3.8, 4) is 0 Å². The Bertz CT molecular complexity index is 1260.